The number of carbonyl (C=O) groups excluding carboxylic acids is 1. The van der Waals surface area contributed by atoms with Crippen LogP contribution in [-0.4, -0.2) is 49.0 Å². The van der Waals surface area contributed by atoms with Crippen molar-refractivity contribution in [2.45, 2.75) is 6.92 Å². The number of nitrogens with zero attached hydrogens (tertiary/aromatic N) is 3. The van der Waals surface area contributed by atoms with Gasteiger partial charge in [0, 0.05) is 37.4 Å². The fraction of sp³-hybridized carbons (Fsp3) is 0.462. The number of hydrogen-bond donors (Lipinski definition) is 1. The number of carbonyl (C=O) groups is 1. The molecule has 1 aliphatic heterocycles. The predicted molar refractivity (Wildman–Crippen MR) is 76.1 cm³/mol. The van der Waals surface area contributed by atoms with Crippen molar-refractivity contribution >= 4 is 17.3 Å². The molecule has 7 heteroatoms. The number of nitro benzene ring substituents is 1. The topological polar surface area (TPSA) is 92.7 Å². The van der Waals surface area contributed by atoms with Crippen LogP contribution in [0, 0.1) is 17.0 Å². The molecule has 2 rings (SSSR count). The van der Waals surface area contributed by atoms with Gasteiger partial charge in [0.15, 0.2) is 0 Å². The van der Waals surface area contributed by atoms with E-state index in [1.165, 1.54) is 6.07 Å². The number of piperazine rings is 1. The summed E-state index contributed by atoms with van der Waals surface area (Å²) < 4.78 is 0. The number of benzene rings is 1. The lowest BCUT2D eigenvalue weighted by atomic mass is 10.1. The van der Waals surface area contributed by atoms with Gasteiger partial charge >= 0.3 is 0 Å². The molecule has 0 unspecified atom stereocenters. The van der Waals surface area contributed by atoms with E-state index in [2.05, 4.69) is 9.80 Å². The monoisotopic (exact) mass is 278 g/mol. The van der Waals surface area contributed by atoms with Gasteiger partial charge in [0.2, 0.25) is 0 Å². The van der Waals surface area contributed by atoms with Crippen LogP contribution in [0.1, 0.15) is 15.9 Å². The van der Waals surface area contributed by atoms with Crippen LogP contribution in [0.2, 0.25) is 0 Å². The highest BCUT2D eigenvalue weighted by atomic mass is 16.6. The van der Waals surface area contributed by atoms with Gasteiger partial charge in [-0.05, 0) is 26.1 Å². The van der Waals surface area contributed by atoms with Crippen molar-refractivity contribution < 1.29 is 9.72 Å². The highest BCUT2D eigenvalue weighted by Crippen LogP contribution is 2.29. The molecule has 1 amide bonds. The van der Waals surface area contributed by atoms with Gasteiger partial charge in [0.25, 0.3) is 11.6 Å². The van der Waals surface area contributed by atoms with E-state index in [0.29, 0.717) is 5.56 Å². The predicted octanol–water partition coefficient (Wildman–Crippen LogP) is 0.754. The minimum atomic E-state index is -0.768. The minimum absolute atomic E-state index is 0.0241. The van der Waals surface area contributed by atoms with Crippen molar-refractivity contribution in [3.8, 4) is 0 Å². The molecule has 0 aliphatic carbocycles. The summed E-state index contributed by atoms with van der Waals surface area (Å²) in [6.45, 7) is 5.12. The number of rotatable bonds is 3. The summed E-state index contributed by atoms with van der Waals surface area (Å²) >= 11 is 0. The highest BCUT2D eigenvalue weighted by Gasteiger charge is 2.24. The van der Waals surface area contributed by atoms with E-state index < -0.39 is 10.8 Å². The molecule has 1 heterocycles. The highest BCUT2D eigenvalue weighted by molar-refractivity contribution is 5.98. The first-order valence-corrected chi connectivity index (χ1v) is 6.42. The molecule has 0 spiro atoms. The lowest BCUT2D eigenvalue weighted by Crippen LogP contribution is -2.44. The summed E-state index contributed by atoms with van der Waals surface area (Å²) in [7, 11) is 2.05. The first kappa shape index (κ1) is 14.3. The second-order valence-corrected chi connectivity index (χ2v) is 5.07. The number of likely N-dealkylation sites (N-methyl/N-ethyl adjacent to an activating group) is 1. The molecule has 2 N–H and O–H groups in total. The molecule has 20 heavy (non-hydrogen) atoms. The molecule has 1 saturated heterocycles. The zero-order valence-electron chi connectivity index (χ0n) is 11.6. The summed E-state index contributed by atoms with van der Waals surface area (Å²) in [4.78, 5) is 26.3. The summed E-state index contributed by atoms with van der Waals surface area (Å²) in [6, 6.07) is 3.27. The van der Waals surface area contributed by atoms with Crippen LogP contribution in [0.15, 0.2) is 12.1 Å². The Bertz CT molecular complexity index is 551. The molecule has 0 saturated carbocycles. The molecule has 0 atom stereocenters. The first-order chi connectivity index (χ1) is 9.40. The maximum absolute atomic E-state index is 11.5. The Morgan fingerprint density at radius 2 is 1.90 bits per heavy atom. The van der Waals surface area contributed by atoms with Crippen LogP contribution in [0.25, 0.3) is 0 Å². The smallest absolute Gasteiger partial charge is 0.285 e. The molecular formula is C13H18N4O3. The molecule has 7 nitrogen and oxygen atoms in total. The zero-order valence-corrected chi connectivity index (χ0v) is 11.6. The molecule has 1 aromatic carbocycles. The van der Waals surface area contributed by atoms with Crippen molar-refractivity contribution in [3.63, 3.8) is 0 Å². The fourth-order valence-electron chi connectivity index (χ4n) is 2.44. The Morgan fingerprint density at radius 3 is 2.40 bits per heavy atom. The van der Waals surface area contributed by atoms with Crippen molar-refractivity contribution in [2.24, 2.45) is 5.73 Å². The van der Waals surface area contributed by atoms with Crippen molar-refractivity contribution in [1.82, 2.24) is 4.90 Å². The van der Waals surface area contributed by atoms with Gasteiger partial charge in [-0.25, -0.2) is 0 Å². The van der Waals surface area contributed by atoms with Crippen molar-refractivity contribution in [2.75, 3.05) is 38.1 Å². The second-order valence-electron chi connectivity index (χ2n) is 5.07. The van der Waals surface area contributed by atoms with E-state index in [1.54, 1.807) is 13.0 Å². The number of nitrogens with two attached hydrogens (primary N) is 1. The quantitative estimate of drug-likeness (QED) is 0.650. The van der Waals surface area contributed by atoms with E-state index in [0.717, 1.165) is 31.9 Å². The van der Waals surface area contributed by atoms with Crippen LogP contribution in [0.3, 0.4) is 0 Å². The standard InChI is InChI=1S/C13H18N4O3/c1-9-7-10(16-5-3-15(2)4-6-16)8-11(13(14)18)12(9)17(19)20/h7-8H,3-6H2,1-2H3,(H2,14,18). The van der Waals surface area contributed by atoms with E-state index in [9.17, 15) is 14.9 Å². The second kappa shape index (κ2) is 5.46. The molecule has 0 aromatic heterocycles. The van der Waals surface area contributed by atoms with E-state index in [4.69, 9.17) is 5.73 Å². The van der Waals surface area contributed by atoms with Crippen LogP contribution < -0.4 is 10.6 Å². The van der Waals surface area contributed by atoms with Crippen molar-refractivity contribution in [3.05, 3.63) is 33.4 Å². The Kier molecular flexibility index (Phi) is 3.89. The van der Waals surface area contributed by atoms with Crippen molar-refractivity contribution in [1.29, 1.82) is 0 Å². The number of hydrogen-bond acceptors (Lipinski definition) is 5. The third kappa shape index (κ3) is 2.72. The fourth-order valence-corrected chi connectivity index (χ4v) is 2.44. The molecule has 1 aliphatic rings. The van der Waals surface area contributed by atoms with Crippen LogP contribution in [-0.2, 0) is 0 Å². The molecule has 0 radical (unpaired) electrons. The van der Waals surface area contributed by atoms with Gasteiger partial charge in [0.05, 0.1) is 4.92 Å². The SMILES string of the molecule is Cc1cc(N2CCN(C)CC2)cc(C(N)=O)c1[N+](=O)[O-]. The largest absolute Gasteiger partial charge is 0.369 e. The lowest BCUT2D eigenvalue weighted by Gasteiger charge is -2.34. The van der Waals surface area contributed by atoms with Crippen LogP contribution in [0.4, 0.5) is 11.4 Å². The van der Waals surface area contributed by atoms with Gasteiger partial charge in [-0.15, -0.1) is 0 Å². The van der Waals surface area contributed by atoms with Gasteiger partial charge in [-0.1, -0.05) is 0 Å². The average molecular weight is 278 g/mol. The molecule has 1 aromatic rings. The van der Waals surface area contributed by atoms with E-state index in [-0.39, 0.29) is 11.3 Å². The summed E-state index contributed by atoms with van der Waals surface area (Å²) in [5, 5.41) is 11.1. The Morgan fingerprint density at radius 1 is 1.30 bits per heavy atom. The van der Waals surface area contributed by atoms with Crippen LogP contribution in [0.5, 0.6) is 0 Å². The first-order valence-electron chi connectivity index (χ1n) is 6.42. The summed E-state index contributed by atoms with van der Waals surface area (Å²) in [5.41, 5.74) is 6.32. The molecular weight excluding hydrogens is 260 g/mol. The number of primary amides is 1. The zero-order chi connectivity index (χ0) is 14.9. The normalized spacial score (nSPS) is 16.2. The molecule has 0 bridgehead atoms. The number of nitro groups is 1. The maximum Gasteiger partial charge on any atom is 0.285 e. The number of aryl methyl sites for hydroxylation is 1. The summed E-state index contributed by atoms with van der Waals surface area (Å²) in [5.74, 6) is -0.768. The summed E-state index contributed by atoms with van der Waals surface area (Å²) in [6.07, 6.45) is 0. The third-order valence-electron chi connectivity index (χ3n) is 3.60. The third-order valence-corrected chi connectivity index (χ3v) is 3.60. The van der Waals surface area contributed by atoms with E-state index in [1.807, 2.05) is 7.05 Å². The number of amides is 1. The lowest BCUT2D eigenvalue weighted by molar-refractivity contribution is -0.385. The average Bonchev–Trinajstić information content (AvgIpc) is 2.37. The van der Waals surface area contributed by atoms with Crippen LogP contribution >= 0.6 is 0 Å². The minimum Gasteiger partial charge on any atom is -0.369 e. The molecule has 1 fully saturated rings. The van der Waals surface area contributed by atoms with Gasteiger partial charge in [-0.2, -0.15) is 0 Å². The maximum atomic E-state index is 11.5. The van der Waals surface area contributed by atoms with Gasteiger partial charge in [0.1, 0.15) is 5.56 Å². The Hall–Kier alpha value is -2.15. The molecule has 108 valence electrons. The van der Waals surface area contributed by atoms with Gasteiger partial charge < -0.3 is 15.5 Å². The Labute approximate surface area is 117 Å². The number of anilines is 1. The van der Waals surface area contributed by atoms with E-state index >= 15 is 0 Å². The Balaban J connectivity index is 2.41. The van der Waals surface area contributed by atoms with Gasteiger partial charge in [-0.3, -0.25) is 14.9 Å².